The van der Waals surface area contributed by atoms with Gasteiger partial charge < -0.3 is 15.2 Å². The van der Waals surface area contributed by atoms with Gasteiger partial charge in [0, 0.05) is 63.6 Å². The number of β-amino-alcohol motifs (C(OH)–C–C–N with tert-alkyl or cyclic N) is 1. The number of carbonyl (C=O) groups is 1. The lowest BCUT2D eigenvalue weighted by atomic mass is 9.32. The van der Waals surface area contributed by atoms with Crippen molar-refractivity contribution in [1.82, 2.24) is 9.88 Å². The second-order valence-electron chi connectivity index (χ2n) is 16.4. The van der Waals surface area contributed by atoms with Gasteiger partial charge in [-0.15, -0.1) is 0 Å². The van der Waals surface area contributed by atoms with Crippen LogP contribution in [0.1, 0.15) is 80.4 Å². The number of benzene rings is 2. The molecular formula is C40H44F2N2O3. The fraction of sp³-hybridized carbons (Fsp3) is 0.525. The maximum absolute atomic E-state index is 14.6. The summed E-state index contributed by atoms with van der Waals surface area (Å²) in [6.45, 7) is 6.83. The van der Waals surface area contributed by atoms with E-state index in [0.29, 0.717) is 25.0 Å². The summed E-state index contributed by atoms with van der Waals surface area (Å²) in [6.07, 6.45) is 12.5. The first kappa shape index (κ1) is 30.0. The van der Waals surface area contributed by atoms with Gasteiger partial charge in [0.05, 0.1) is 11.7 Å². The third-order valence-electron chi connectivity index (χ3n) is 14.6. The number of carbonyl (C=O) groups excluding carboxylic acids is 1. The minimum absolute atomic E-state index is 0.00546. The van der Waals surface area contributed by atoms with Gasteiger partial charge in [-0.3, -0.25) is 9.69 Å². The number of ketones is 1. The molecule has 7 aliphatic rings. The molecule has 47 heavy (non-hydrogen) atoms. The third-order valence-corrected chi connectivity index (χ3v) is 14.6. The Kier molecular flexibility index (Phi) is 6.21. The predicted molar refractivity (Wildman–Crippen MR) is 177 cm³/mol. The van der Waals surface area contributed by atoms with Crippen molar-refractivity contribution < 1.29 is 23.8 Å². The number of para-hydroxylation sites is 1. The molecule has 2 heterocycles. The molecular weight excluding hydrogens is 594 g/mol. The van der Waals surface area contributed by atoms with Crippen LogP contribution >= 0.6 is 0 Å². The molecule has 8 atom stereocenters. The van der Waals surface area contributed by atoms with Crippen molar-refractivity contribution in [3.63, 3.8) is 0 Å². The quantitative estimate of drug-likeness (QED) is 0.208. The van der Waals surface area contributed by atoms with Crippen molar-refractivity contribution in [2.75, 3.05) is 13.1 Å². The van der Waals surface area contributed by atoms with Crippen LogP contribution in [0.15, 0.2) is 66.3 Å². The zero-order chi connectivity index (χ0) is 32.6. The van der Waals surface area contributed by atoms with Crippen LogP contribution in [0, 0.1) is 45.1 Å². The van der Waals surface area contributed by atoms with Crippen LogP contribution in [0.25, 0.3) is 10.9 Å². The number of nitrogens with one attached hydrogen (secondary N) is 1. The molecule has 1 aliphatic heterocycles. The number of nitrogens with zero attached hydrogens (tertiary/aromatic N) is 1. The van der Waals surface area contributed by atoms with Crippen LogP contribution in [0.3, 0.4) is 0 Å². The maximum Gasteiger partial charge on any atom is 0.189 e. The summed E-state index contributed by atoms with van der Waals surface area (Å²) in [4.78, 5) is 20.6. The highest BCUT2D eigenvalue weighted by Crippen LogP contribution is 2.78. The molecule has 10 rings (SSSR count). The topological polar surface area (TPSA) is 76.6 Å². The van der Waals surface area contributed by atoms with E-state index in [1.165, 1.54) is 22.7 Å². The summed E-state index contributed by atoms with van der Waals surface area (Å²) in [6, 6.07) is 11.9. The van der Waals surface area contributed by atoms with Crippen LogP contribution in [-0.2, 0) is 13.0 Å². The lowest BCUT2D eigenvalue weighted by Gasteiger charge is -2.71. The number of fused-ring (bicyclic) bond motifs is 4. The van der Waals surface area contributed by atoms with Gasteiger partial charge in [-0.1, -0.05) is 50.3 Å². The van der Waals surface area contributed by atoms with Gasteiger partial charge in [0.1, 0.15) is 0 Å². The highest BCUT2D eigenvalue weighted by Gasteiger charge is 2.74. The minimum Gasteiger partial charge on any atom is -0.393 e. The van der Waals surface area contributed by atoms with Crippen molar-refractivity contribution in [3.05, 3.63) is 94.7 Å². The first-order valence-corrected chi connectivity index (χ1v) is 17.6. The maximum atomic E-state index is 14.6. The van der Waals surface area contributed by atoms with E-state index in [0.717, 1.165) is 69.3 Å². The number of hydrogen-bond donors (Lipinski definition) is 3. The van der Waals surface area contributed by atoms with Crippen LogP contribution in [-0.4, -0.2) is 50.7 Å². The van der Waals surface area contributed by atoms with E-state index < -0.39 is 39.6 Å². The number of halogens is 2. The average molecular weight is 639 g/mol. The van der Waals surface area contributed by atoms with E-state index in [2.05, 4.69) is 66.2 Å². The Morgan fingerprint density at radius 2 is 1.74 bits per heavy atom. The lowest BCUT2D eigenvalue weighted by molar-refractivity contribution is -0.176. The molecule has 2 spiro atoms. The van der Waals surface area contributed by atoms with Crippen LogP contribution in [0.4, 0.5) is 8.78 Å². The molecule has 0 radical (unpaired) electrons. The second kappa shape index (κ2) is 9.73. The van der Waals surface area contributed by atoms with Crippen molar-refractivity contribution >= 4 is 16.7 Å². The number of aromatic nitrogens is 1. The van der Waals surface area contributed by atoms with Gasteiger partial charge in [0.2, 0.25) is 0 Å². The van der Waals surface area contributed by atoms with Crippen LogP contribution in [0.2, 0.25) is 0 Å². The molecule has 3 fully saturated rings. The molecule has 0 amide bonds. The standard InChI is InChI=1S/C40H44F2N2O3/c1-36-13-9-25(45)20-38(36)16-17-40(28(21-38)35(46)24-7-8-29(41)30(42)19-24)33(36)10-14-37(2)34(40)11-15-39(37,47)23-44-18-12-27-26-5-3-4-6-31(26)43-32(27)22-44/h3-8,16-17,19,21,25,33-34,43,45,47H,9-15,18,20,22-23H2,1-2H3/t25?,33-,34-,36-,37+,38+,39-,40-/m1/s1. The van der Waals surface area contributed by atoms with Crippen molar-refractivity contribution in [2.24, 2.45) is 33.5 Å². The number of aliphatic hydroxyl groups excluding tert-OH is 1. The monoisotopic (exact) mass is 638 g/mol. The number of aromatic amines is 1. The molecule has 6 aliphatic carbocycles. The van der Waals surface area contributed by atoms with E-state index >= 15 is 0 Å². The highest BCUT2D eigenvalue weighted by molar-refractivity contribution is 6.10. The number of allylic oxidation sites excluding steroid dienone is 4. The number of aliphatic hydroxyl groups is 2. The van der Waals surface area contributed by atoms with Crippen LogP contribution in [0.5, 0.6) is 0 Å². The van der Waals surface area contributed by atoms with Crippen molar-refractivity contribution in [1.29, 1.82) is 0 Å². The molecule has 5 nitrogen and oxygen atoms in total. The molecule has 2 aromatic carbocycles. The summed E-state index contributed by atoms with van der Waals surface area (Å²) in [7, 11) is 0. The smallest absolute Gasteiger partial charge is 0.189 e. The number of Topliss-reactive ketones (excluding diaryl/α,β-unsaturated/α-hetero) is 1. The first-order chi connectivity index (χ1) is 22.4. The SMILES string of the molecule is C[C@]12CC[C@H]3[C@]4(C=C[C@@]5(C=C4C(=O)c4ccc(F)c(F)c4)CC(O)CC[C@]35C)[C@@H]1CC[C@@]2(O)CN1CCc2c([nH]c3ccccc23)C1. The first-order valence-electron chi connectivity index (χ1n) is 17.6. The van der Waals surface area contributed by atoms with Gasteiger partial charge in [0.15, 0.2) is 17.4 Å². The Morgan fingerprint density at radius 1 is 0.979 bits per heavy atom. The number of hydrogen-bond acceptors (Lipinski definition) is 4. The largest absolute Gasteiger partial charge is 0.393 e. The number of rotatable bonds is 4. The molecule has 2 bridgehead atoms. The van der Waals surface area contributed by atoms with Gasteiger partial charge in [-0.25, -0.2) is 8.78 Å². The Hall–Kier alpha value is -3.13. The minimum atomic E-state index is -1.03. The zero-order valence-corrected chi connectivity index (χ0v) is 27.3. The number of H-pyrrole nitrogens is 1. The normalized spacial score (nSPS) is 40.5. The predicted octanol–water partition coefficient (Wildman–Crippen LogP) is 7.28. The molecule has 1 unspecified atom stereocenters. The molecule has 3 aromatic rings. The molecule has 7 heteroatoms. The second-order valence-corrected chi connectivity index (χ2v) is 16.4. The van der Waals surface area contributed by atoms with Crippen LogP contribution < -0.4 is 0 Å². The van der Waals surface area contributed by atoms with E-state index in [1.807, 2.05) is 0 Å². The fourth-order valence-electron chi connectivity index (χ4n) is 12.1. The third kappa shape index (κ3) is 3.77. The van der Waals surface area contributed by atoms with Gasteiger partial charge in [0.25, 0.3) is 0 Å². The summed E-state index contributed by atoms with van der Waals surface area (Å²) >= 11 is 0. The molecule has 246 valence electrons. The summed E-state index contributed by atoms with van der Waals surface area (Å²) in [5.41, 5.74) is 1.92. The summed E-state index contributed by atoms with van der Waals surface area (Å²) < 4.78 is 28.5. The Bertz CT molecular complexity index is 1900. The summed E-state index contributed by atoms with van der Waals surface area (Å²) in [5, 5.41) is 25.0. The highest BCUT2D eigenvalue weighted by atomic mass is 19.2. The molecule has 0 saturated heterocycles. The van der Waals surface area contributed by atoms with E-state index in [9.17, 15) is 23.8 Å². The average Bonchev–Trinajstić information content (AvgIpc) is 3.55. The van der Waals surface area contributed by atoms with Gasteiger partial charge >= 0.3 is 0 Å². The van der Waals surface area contributed by atoms with E-state index in [4.69, 9.17) is 0 Å². The van der Waals surface area contributed by atoms with Crippen molar-refractivity contribution in [2.45, 2.75) is 83.5 Å². The summed E-state index contributed by atoms with van der Waals surface area (Å²) in [5.74, 6) is -2.11. The fourth-order valence-corrected chi connectivity index (χ4v) is 12.1. The molecule has 1 aromatic heterocycles. The van der Waals surface area contributed by atoms with E-state index in [1.54, 1.807) is 0 Å². The molecule has 3 N–H and O–H groups in total. The Labute approximate surface area is 274 Å². The Balaban J connectivity index is 1.11. The lowest BCUT2D eigenvalue weighted by Crippen LogP contribution is -2.67. The van der Waals surface area contributed by atoms with Crippen molar-refractivity contribution in [3.8, 4) is 0 Å². The Morgan fingerprint density at radius 3 is 2.57 bits per heavy atom. The van der Waals surface area contributed by atoms with Gasteiger partial charge in [-0.05, 0) is 98.4 Å². The van der Waals surface area contributed by atoms with Gasteiger partial charge in [-0.2, -0.15) is 0 Å². The zero-order valence-electron chi connectivity index (χ0n) is 27.3. The molecule has 3 saturated carbocycles. The van der Waals surface area contributed by atoms with E-state index in [-0.39, 0.29) is 28.6 Å².